The minimum Gasteiger partial charge on any atom is -0.320 e. The number of anilines is 1. The highest BCUT2D eigenvalue weighted by Gasteiger charge is 2.45. The summed E-state index contributed by atoms with van der Waals surface area (Å²) in [5, 5.41) is 11.2. The van der Waals surface area contributed by atoms with Crippen LogP contribution in [0.15, 0.2) is 175 Å². The van der Waals surface area contributed by atoms with E-state index in [0.717, 1.165) is 26.7 Å². The molecule has 6 aromatic carbocycles. The maximum Gasteiger partial charge on any atom is 0.275 e. The van der Waals surface area contributed by atoms with Gasteiger partial charge in [-0.3, -0.25) is 9.59 Å². The molecule has 0 radical (unpaired) electrons. The van der Waals surface area contributed by atoms with Gasteiger partial charge in [-0.25, -0.2) is 18.6 Å². The van der Waals surface area contributed by atoms with Gasteiger partial charge >= 0.3 is 0 Å². The Bertz CT molecular complexity index is 1900. The van der Waals surface area contributed by atoms with E-state index in [1.807, 2.05) is 121 Å². The SMILES string of the molecule is O=C(Nc1cccc2ccccc12)/C(=C/[P+](c1ccccc1)(c1ccccc1)c1ccccc1)NC(=O)c1ccccc1.[O-][Cl+3]([O-])([O-])[O-]. The van der Waals surface area contributed by atoms with Gasteiger partial charge in [0.1, 0.15) is 34.7 Å². The molecule has 240 valence electrons. The van der Waals surface area contributed by atoms with Crippen molar-refractivity contribution in [3.05, 3.63) is 181 Å². The van der Waals surface area contributed by atoms with Gasteiger partial charge in [-0.2, -0.15) is 0 Å². The van der Waals surface area contributed by atoms with E-state index in [0.29, 0.717) is 11.3 Å². The average Bonchev–Trinajstić information content (AvgIpc) is 3.11. The van der Waals surface area contributed by atoms with Crippen molar-refractivity contribution in [1.82, 2.24) is 5.32 Å². The Morgan fingerprint density at radius 3 is 1.46 bits per heavy atom. The maximum atomic E-state index is 14.3. The van der Waals surface area contributed by atoms with Crippen LogP contribution in [0.5, 0.6) is 0 Å². The van der Waals surface area contributed by atoms with E-state index >= 15 is 0 Å². The predicted octanol–water partition coefficient (Wildman–Crippen LogP) is 2.29. The number of amides is 2. The number of nitrogens with one attached hydrogen (secondary N) is 2. The molecule has 10 heteroatoms. The number of halogens is 1. The van der Waals surface area contributed by atoms with Gasteiger partial charge in [0.25, 0.3) is 11.8 Å². The Morgan fingerprint density at radius 2 is 0.958 bits per heavy atom. The summed E-state index contributed by atoms with van der Waals surface area (Å²) in [7, 11) is -7.55. The Kier molecular flexibility index (Phi) is 11.1. The standard InChI is InChI=1S/C38H29N2O2P.ClHO4/c41-37(30-17-5-1-6-18-30)40-36(38(42)39-35-27-15-19-29-16-13-14-26-34(29)35)28-43(31-20-7-2-8-21-31,32-22-9-3-10-23-32)33-24-11-4-12-25-33;2-1(3,4)5/h1-28H,(H-,39,40,41,42);(H,2,3,4,5)/b36-28-;. The van der Waals surface area contributed by atoms with E-state index in [1.54, 1.807) is 12.1 Å². The molecule has 0 bridgehead atoms. The molecule has 0 aliphatic rings. The van der Waals surface area contributed by atoms with Crippen LogP contribution < -0.4 is 45.2 Å². The predicted molar refractivity (Wildman–Crippen MR) is 180 cm³/mol. The molecule has 0 aliphatic carbocycles. The van der Waals surface area contributed by atoms with E-state index in [1.165, 1.54) is 0 Å². The molecule has 8 nitrogen and oxygen atoms in total. The van der Waals surface area contributed by atoms with Gasteiger partial charge in [-0.1, -0.05) is 109 Å². The summed E-state index contributed by atoms with van der Waals surface area (Å²) < 4.78 is 34.0. The lowest BCUT2D eigenvalue weighted by atomic mass is 10.1. The first kappa shape index (κ1) is 34.2. The molecule has 0 spiro atoms. The molecule has 48 heavy (non-hydrogen) atoms. The summed E-state index contributed by atoms with van der Waals surface area (Å²) >= 11 is 0. The van der Waals surface area contributed by atoms with Crippen LogP contribution in [0, 0.1) is 10.2 Å². The van der Waals surface area contributed by atoms with Crippen molar-refractivity contribution in [1.29, 1.82) is 0 Å². The van der Waals surface area contributed by atoms with Crippen LogP contribution in [0.25, 0.3) is 10.8 Å². The van der Waals surface area contributed by atoms with Crippen LogP contribution in [0.3, 0.4) is 0 Å². The van der Waals surface area contributed by atoms with Gasteiger partial charge in [0.15, 0.2) is 0 Å². The first-order valence-electron chi connectivity index (χ1n) is 14.7. The quantitative estimate of drug-likeness (QED) is 0.187. The van der Waals surface area contributed by atoms with Gasteiger partial charge in [0, 0.05) is 16.6 Å². The molecule has 0 heterocycles. The molecule has 0 saturated heterocycles. The van der Waals surface area contributed by atoms with Crippen molar-refractivity contribution in [3.8, 4) is 0 Å². The lowest BCUT2D eigenvalue weighted by molar-refractivity contribution is -2.00. The van der Waals surface area contributed by atoms with E-state index in [2.05, 4.69) is 47.0 Å². The van der Waals surface area contributed by atoms with E-state index in [9.17, 15) is 9.59 Å². The molecule has 2 amide bonds. The Balaban J connectivity index is 0.000000840. The fourth-order valence-corrected chi connectivity index (χ4v) is 9.15. The largest absolute Gasteiger partial charge is 0.320 e. The monoisotopic (exact) mass is 676 g/mol. The second-order valence-electron chi connectivity index (χ2n) is 10.5. The fraction of sp³-hybridized carbons (Fsp3) is 0. The molecule has 6 rings (SSSR count). The number of rotatable bonds is 8. The highest BCUT2D eigenvalue weighted by atomic mass is 35.7. The molecule has 6 aromatic rings. The number of hydrogen-bond donors (Lipinski definition) is 2. The highest BCUT2D eigenvalue weighted by molar-refractivity contribution is 7.98. The molecule has 0 aromatic heterocycles. The number of carbonyl (C=O) groups is 2. The van der Waals surface area contributed by atoms with E-state index in [4.69, 9.17) is 18.6 Å². The normalized spacial score (nSPS) is 11.6. The first-order chi connectivity index (χ1) is 23.1. The van der Waals surface area contributed by atoms with E-state index in [-0.39, 0.29) is 11.6 Å². The summed E-state index contributed by atoms with van der Waals surface area (Å²) in [5.74, 6) is 1.24. The summed E-state index contributed by atoms with van der Waals surface area (Å²) in [6.07, 6.45) is 0. The van der Waals surface area contributed by atoms with Crippen LogP contribution >= 0.6 is 7.26 Å². The Hall–Kier alpha value is -5.18. The van der Waals surface area contributed by atoms with Gasteiger partial charge in [0.2, 0.25) is 0 Å². The lowest BCUT2D eigenvalue weighted by Gasteiger charge is -2.25. The lowest BCUT2D eigenvalue weighted by Crippen LogP contribution is -2.68. The molecule has 0 unspecified atom stereocenters. The zero-order chi connectivity index (χ0) is 34.0. The summed E-state index contributed by atoms with van der Waals surface area (Å²) in [5.41, 5.74) is 1.33. The summed E-state index contributed by atoms with van der Waals surface area (Å²) in [6, 6.07) is 53.3. The zero-order valence-electron chi connectivity index (χ0n) is 25.4. The third-order valence-electron chi connectivity index (χ3n) is 7.38. The van der Waals surface area contributed by atoms with Gasteiger partial charge in [-0.15, -0.1) is 10.2 Å². The maximum absolute atomic E-state index is 14.3. The third-order valence-corrected chi connectivity index (χ3v) is 11.4. The van der Waals surface area contributed by atoms with E-state index < -0.39 is 23.4 Å². The Morgan fingerprint density at radius 1 is 0.542 bits per heavy atom. The minimum absolute atomic E-state index is 0.187. The van der Waals surface area contributed by atoms with Gasteiger partial charge < -0.3 is 10.6 Å². The average molecular weight is 677 g/mol. The van der Waals surface area contributed by atoms with Crippen LogP contribution in [0.1, 0.15) is 10.4 Å². The topological polar surface area (TPSA) is 150 Å². The first-order valence-corrected chi connectivity index (χ1v) is 17.8. The second-order valence-corrected chi connectivity index (χ2v) is 14.5. The molecule has 2 N–H and O–H groups in total. The second kappa shape index (κ2) is 15.6. The van der Waals surface area contributed by atoms with Crippen molar-refractivity contribution < 1.29 is 38.5 Å². The number of benzene rings is 6. The van der Waals surface area contributed by atoms with Crippen molar-refractivity contribution >= 4 is 51.5 Å². The van der Waals surface area contributed by atoms with Crippen LogP contribution in [0.4, 0.5) is 5.69 Å². The minimum atomic E-state index is -4.94. The number of fused-ring (bicyclic) bond motifs is 1. The van der Waals surface area contributed by atoms with Gasteiger partial charge in [0.05, 0.1) is 0 Å². The number of hydrogen-bond acceptors (Lipinski definition) is 6. The molecular formula is C38H30ClN2O6P. The number of carbonyl (C=O) groups excluding carboxylic acids is 2. The molecule has 0 saturated carbocycles. The fourth-order valence-electron chi connectivity index (χ4n) is 5.31. The highest BCUT2D eigenvalue weighted by Crippen LogP contribution is 2.57. The smallest absolute Gasteiger partial charge is 0.275 e. The summed E-state index contributed by atoms with van der Waals surface area (Å²) in [4.78, 5) is 27.9. The molecule has 0 atom stereocenters. The zero-order valence-corrected chi connectivity index (χ0v) is 27.1. The molecule has 0 fully saturated rings. The van der Waals surface area contributed by atoms with Crippen molar-refractivity contribution in [2.75, 3.05) is 5.32 Å². The van der Waals surface area contributed by atoms with Gasteiger partial charge in [-0.05, 0) is 60.0 Å². The molecular weight excluding hydrogens is 647 g/mol. The molecule has 0 aliphatic heterocycles. The van der Waals surface area contributed by atoms with Crippen LogP contribution in [-0.4, -0.2) is 11.8 Å². The van der Waals surface area contributed by atoms with Crippen molar-refractivity contribution in [3.63, 3.8) is 0 Å². The van der Waals surface area contributed by atoms with Crippen molar-refractivity contribution in [2.45, 2.75) is 0 Å². The van der Waals surface area contributed by atoms with Crippen molar-refractivity contribution in [2.24, 2.45) is 0 Å². The third kappa shape index (κ3) is 8.59. The van der Waals surface area contributed by atoms with Crippen LogP contribution in [0.2, 0.25) is 0 Å². The van der Waals surface area contributed by atoms with Crippen LogP contribution in [-0.2, 0) is 4.79 Å². The Labute approximate surface area is 280 Å². The summed E-state index contributed by atoms with van der Waals surface area (Å²) in [6.45, 7) is 0.